The maximum Gasteiger partial charge on any atom is 0.410 e. The van der Waals surface area contributed by atoms with Gasteiger partial charge in [-0.1, -0.05) is 48.0 Å². The molecule has 2 amide bonds. The van der Waals surface area contributed by atoms with Crippen molar-refractivity contribution in [3.8, 4) is 0 Å². The van der Waals surface area contributed by atoms with E-state index < -0.39 is 39.8 Å². The summed E-state index contributed by atoms with van der Waals surface area (Å²) in [5, 5.41) is 2.99. The van der Waals surface area contributed by atoms with Gasteiger partial charge in [-0.05, 0) is 65.2 Å². The molecule has 0 spiro atoms. The molecule has 0 aromatic heterocycles. The normalized spacial score (nSPS) is 18.1. The highest BCUT2D eigenvalue weighted by atomic mass is 32.2. The van der Waals surface area contributed by atoms with Crippen LogP contribution in [0.5, 0.6) is 0 Å². The fraction of sp³-hybridized carbons (Fsp3) is 0.462. The molecular formula is C26H35N3O5S. The van der Waals surface area contributed by atoms with E-state index in [1.165, 1.54) is 4.90 Å². The van der Waals surface area contributed by atoms with E-state index >= 15 is 0 Å². The van der Waals surface area contributed by atoms with Gasteiger partial charge in [-0.3, -0.25) is 9.69 Å². The van der Waals surface area contributed by atoms with Crippen molar-refractivity contribution in [1.82, 2.24) is 14.9 Å². The molecule has 2 N–H and O–H groups in total. The number of aryl methyl sites for hydroxylation is 1. The highest BCUT2D eigenvalue weighted by Crippen LogP contribution is 2.24. The Labute approximate surface area is 208 Å². The van der Waals surface area contributed by atoms with Crippen molar-refractivity contribution >= 4 is 22.0 Å². The van der Waals surface area contributed by atoms with Gasteiger partial charge >= 0.3 is 6.09 Å². The van der Waals surface area contributed by atoms with Crippen LogP contribution in [0, 0.1) is 6.92 Å². The van der Waals surface area contributed by atoms with Gasteiger partial charge in [0.2, 0.25) is 15.9 Å². The summed E-state index contributed by atoms with van der Waals surface area (Å²) in [4.78, 5) is 27.6. The molecule has 8 nitrogen and oxygen atoms in total. The van der Waals surface area contributed by atoms with E-state index in [1.807, 2.05) is 37.3 Å². The fourth-order valence-electron chi connectivity index (χ4n) is 4.08. The van der Waals surface area contributed by atoms with E-state index in [9.17, 15) is 18.0 Å². The molecule has 1 heterocycles. The second kappa shape index (κ2) is 10.8. The minimum atomic E-state index is -3.81. The summed E-state index contributed by atoms with van der Waals surface area (Å²) in [6.45, 7) is 9.37. The van der Waals surface area contributed by atoms with Gasteiger partial charge in [0.05, 0.1) is 10.9 Å². The van der Waals surface area contributed by atoms with Gasteiger partial charge in [0.1, 0.15) is 11.6 Å². The number of amides is 2. The largest absolute Gasteiger partial charge is 0.444 e. The lowest BCUT2D eigenvalue weighted by atomic mass is 10.0. The van der Waals surface area contributed by atoms with Crippen LogP contribution in [0.2, 0.25) is 0 Å². The number of hydrogen-bond donors (Lipinski definition) is 2. The summed E-state index contributed by atoms with van der Waals surface area (Å²) in [6, 6.07) is 13.8. The number of nitrogens with zero attached hydrogens (tertiary/aromatic N) is 1. The zero-order valence-electron chi connectivity index (χ0n) is 20.9. The minimum absolute atomic E-state index is 0.153. The van der Waals surface area contributed by atoms with Crippen molar-refractivity contribution in [1.29, 1.82) is 0 Å². The monoisotopic (exact) mass is 501 g/mol. The average molecular weight is 502 g/mol. The number of rotatable bonds is 7. The molecule has 1 saturated heterocycles. The lowest BCUT2D eigenvalue weighted by Crippen LogP contribution is -2.51. The molecule has 1 aliphatic heterocycles. The molecule has 2 aromatic carbocycles. The third kappa shape index (κ3) is 7.05. The Balaban J connectivity index is 1.80. The topological polar surface area (TPSA) is 105 Å². The number of carbonyl (C=O) groups excluding carboxylic acids is 2. The van der Waals surface area contributed by atoms with Crippen LogP contribution < -0.4 is 10.0 Å². The second-order valence-electron chi connectivity index (χ2n) is 9.95. The van der Waals surface area contributed by atoms with Gasteiger partial charge in [-0.15, -0.1) is 0 Å². The van der Waals surface area contributed by atoms with Crippen LogP contribution in [0.4, 0.5) is 4.79 Å². The van der Waals surface area contributed by atoms with E-state index in [1.54, 1.807) is 52.0 Å². The minimum Gasteiger partial charge on any atom is -0.444 e. The number of likely N-dealkylation sites (tertiary alicyclic amines) is 1. The standard InChI is InChI=1S/C26H35N3O5S/c1-18-13-15-21(16-14-18)35(32,33)28-19(2)23(20-10-7-6-8-11-20)27-24(30)22-12-9-17-29(22)25(31)34-26(3,4)5/h6-8,10-11,13-16,19,22-23,28H,9,12,17H2,1-5H3,(H,27,30)/t19-,22+,23-/m1/s1. The van der Waals surface area contributed by atoms with Crippen molar-refractivity contribution in [2.45, 2.75) is 76.1 Å². The lowest BCUT2D eigenvalue weighted by Gasteiger charge is -2.31. The maximum absolute atomic E-state index is 13.3. The predicted molar refractivity (Wildman–Crippen MR) is 134 cm³/mol. The summed E-state index contributed by atoms with van der Waals surface area (Å²) < 4.78 is 34.2. The first-order valence-corrected chi connectivity index (χ1v) is 13.3. The Morgan fingerprint density at radius 3 is 2.29 bits per heavy atom. The predicted octanol–water partition coefficient (Wildman–Crippen LogP) is 3.92. The molecule has 35 heavy (non-hydrogen) atoms. The van der Waals surface area contributed by atoms with Crippen molar-refractivity contribution in [3.63, 3.8) is 0 Å². The number of carbonyl (C=O) groups is 2. The number of hydrogen-bond acceptors (Lipinski definition) is 5. The SMILES string of the molecule is Cc1ccc(S(=O)(=O)N[C@H](C)[C@@H](NC(=O)[C@@H]2CCCN2C(=O)OC(C)(C)C)c2ccccc2)cc1. The third-order valence-corrected chi connectivity index (χ3v) is 7.39. The van der Waals surface area contributed by atoms with E-state index in [2.05, 4.69) is 10.0 Å². The number of nitrogens with one attached hydrogen (secondary N) is 2. The molecular weight excluding hydrogens is 466 g/mol. The quantitative estimate of drug-likeness (QED) is 0.598. The smallest absolute Gasteiger partial charge is 0.410 e. The molecule has 0 radical (unpaired) electrons. The van der Waals surface area contributed by atoms with E-state index in [4.69, 9.17) is 4.74 Å². The summed E-state index contributed by atoms with van der Waals surface area (Å²) in [5.41, 5.74) is 1.04. The van der Waals surface area contributed by atoms with Gasteiger partial charge < -0.3 is 10.1 Å². The molecule has 1 aliphatic rings. The Morgan fingerprint density at radius 2 is 1.69 bits per heavy atom. The first kappa shape index (κ1) is 26.7. The Hall–Kier alpha value is -2.91. The first-order valence-electron chi connectivity index (χ1n) is 11.8. The van der Waals surface area contributed by atoms with Crippen LogP contribution in [0.1, 0.15) is 57.7 Å². The Morgan fingerprint density at radius 1 is 1.06 bits per heavy atom. The maximum atomic E-state index is 13.3. The fourth-order valence-corrected chi connectivity index (χ4v) is 5.34. The van der Waals surface area contributed by atoms with Gasteiger partial charge in [-0.2, -0.15) is 0 Å². The Bertz CT molecular complexity index is 1130. The molecule has 3 atom stereocenters. The average Bonchev–Trinajstić information content (AvgIpc) is 3.27. The second-order valence-corrected chi connectivity index (χ2v) is 11.7. The molecule has 2 aromatic rings. The highest BCUT2D eigenvalue weighted by Gasteiger charge is 2.38. The molecule has 0 bridgehead atoms. The summed E-state index contributed by atoms with van der Waals surface area (Å²) in [6.07, 6.45) is 0.665. The van der Waals surface area contributed by atoms with Crippen LogP contribution in [-0.2, 0) is 19.6 Å². The lowest BCUT2D eigenvalue weighted by molar-refractivity contribution is -0.126. The number of sulfonamides is 1. The van der Waals surface area contributed by atoms with Crippen LogP contribution in [0.15, 0.2) is 59.5 Å². The summed E-state index contributed by atoms with van der Waals surface area (Å²) in [7, 11) is -3.81. The zero-order chi connectivity index (χ0) is 25.8. The van der Waals surface area contributed by atoms with E-state index in [0.29, 0.717) is 19.4 Å². The van der Waals surface area contributed by atoms with Gasteiger partial charge in [-0.25, -0.2) is 17.9 Å². The molecule has 1 fully saturated rings. The molecule has 9 heteroatoms. The van der Waals surface area contributed by atoms with Crippen LogP contribution >= 0.6 is 0 Å². The number of benzene rings is 2. The van der Waals surface area contributed by atoms with E-state index in [-0.39, 0.29) is 10.8 Å². The molecule has 190 valence electrons. The van der Waals surface area contributed by atoms with Crippen molar-refractivity contribution in [2.24, 2.45) is 0 Å². The molecule has 0 aliphatic carbocycles. The molecule has 0 saturated carbocycles. The Kier molecular flexibility index (Phi) is 8.22. The highest BCUT2D eigenvalue weighted by molar-refractivity contribution is 7.89. The van der Waals surface area contributed by atoms with Crippen molar-refractivity contribution < 1.29 is 22.7 Å². The number of ether oxygens (including phenoxy) is 1. The summed E-state index contributed by atoms with van der Waals surface area (Å²) >= 11 is 0. The zero-order valence-corrected chi connectivity index (χ0v) is 21.8. The van der Waals surface area contributed by atoms with Gasteiger partial charge in [0.25, 0.3) is 0 Å². The van der Waals surface area contributed by atoms with Gasteiger partial charge in [0.15, 0.2) is 0 Å². The molecule has 3 rings (SSSR count). The molecule has 0 unspecified atom stereocenters. The van der Waals surface area contributed by atoms with Crippen LogP contribution in [0.3, 0.4) is 0 Å². The summed E-state index contributed by atoms with van der Waals surface area (Å²) in [5.74, 6) is -0.344. The van der Waals surface area contributed by atoms with Crippen molar-refractivity contribution in [3.05, 3.63) is 65.7 Å². The van der Waals surface area contributed by atoms with Crippen LogP contribution in [-0.4, -0.2) is 49.5 Å². The van der Waals surface area contributed by atoms with E-state index in [0.717, 1.165) is 11.1 Å². The van der Waals surface area contributed by atoms with Crippen molar-refractivity contribution in [2.75, 3.05) is 6.54 Å². The third-order valence-electron chi connectivity index (χ3n) is 5.81. The first-order chi connectivity index (χ1) is 16.4. The van der Waals surface area contributed by atoms with Gasteiger partial charge in [0, 0.05) is 12.6 Å². The van der Waals surface area contributed by atoms with Crippen LogP contribution in [0.25, 0.3) is 0 Å².